The second-order valence-corrected chi connectivity index (χ2v) is 11.4. The molecule has 0 heterocycles. The van der Waals surface area contributed by atoms with Crippen molar-refractivity contribution in [3.8, 4) is 11.5 Å². The maximum atomic E-state index is 14.6. The monoisotopic (exact) mass is 605 g/mol. The molecule has 0 bridgehead atoms. The van der Waals surface area contributed by atoms with Gasteiger partial charge in [0.2, 0.25) is 11.8 Å². The van der Waals surface area contributed by atoms with E-state index in [1.165, 1.54) is 81.8 Å². The third kappa shape index (κ3) is 7.68. The molecule has 1 N–H and O–H groups in total. The fourth-order valence-electron chi connectivity index (χ4n) is 4.03. The van der Waals surface area contributed by atoms with Crippen molar-refractivity contribution in [2.24, 2.45) is 0 Å². The fourth-order valence-corrected chi connectivity index (χ4v) is 5.59. The number of amides is 2. The molecule has 0 spiro atoms. The van der Waals surface area contributed by atoms with E-state index in [0.29, 0.717) is 23.7 Å². The van der Waals surface area contributed by atoms with Gasteiger partial charge in [-0.25, -0.2) is 12.8 Å². The Morgan fingerprint density at radius 1 is 1.00 bits per heavy atom. The Hall–Kier alpha value is -3.83. The van der Waals surface area contributed by atoms with Crippen LogP contribution in [0.3, 0.4) is 0 Å². The first-order valence-corrected chi connectivity index (χ1v) is 14.7. The van der Waals surface area contributed by atoms with Crippen LogP contribution in [-0.2, 0) is 26.2 Å². The molecule has 1 atom stereocenters. The maximum Gasteiger partial charge on any atom is 0.264 e. The van der Waals surface area contributed by atoms with E-state index in [9.17, 15) is 22.4 Å². The highest BCUT2D eigenvalue weighted by molar-refractivity contribution is 7.92. The highest BCUT2D eigenvalue weighted by Crippen LogP contribution is 2.32. The van der Waals surface area contributed by atoms with Crippen LogP contribution in [0.15, 0.2) is 71.6 Å². The standard InChI is InChI=1S/C29H33ClFN3O6S/c1-5-16-32-29(36)20(2)33(18-21-8-6-7-9-25(21)31)28(35)19-34(23-12-10-22(30)11-13-23)41(37,38)24-14-15-26(39-3)27(17-24)40-4/h6-15,17,20H,5,16,18-19H2,1-4H3,(H,32,36). The average molecular weight is 606 g/mol. The van der Waals surface area contributed by atoms with Gasteiger partial charge >= 0.3 is 0 Å². The fraction of sp³-hybridized carbons (Fsp3) is 0.310. The van der Waals surface area contributed by atoms with Crippen LogP contribution in [0.2, 0.25) is 5.02 Å². The molecule has 0 aliphatic carbocycles. The van der Waals surface area contributed by atoms with E-state index in [1.54, 1.807) is 6.07 Å². The van der Waals surface area contributed by atoms with Crippen LogP contribution in [0.4, 0.5) is 10.1 Å². The third-order valence-corrected chi connectivity index (χ3v) is 8.37. The second-order valence-electron chi connectivity index (χ2n) is 9.08. The van der Waals surface area contributed by atoms with Gasteiger partial charge in [-0.15, -0.1) is 0 Å². The van der Waals surface area contributed by atoms with Gasteiger partial charge in [-0.05, 0) is 55.8 Å². The predicted molar refractivity (Wildman–Crippen MR) is 155 cm³/mol. The molecule has 3 aromatic carbocycles. The maximum absolute atomic E-state index is 14.6. The molecule has 1 unspecified atom stereocenters. The summed E-state index contributed by atoms with van der Waals surface area (Å²) in [5.41, 5.74) is 0.336. The molecule has 0 aromatic heterocycles. The minimum absolute atomic E-state index is 0.159. The van der Waals surface area contributed by atoms with Crippen molar-refractivity contribution in [2.45, 2.75) is 37.8 Å². The number of halogens is 2. The lowest BCUT2D eigenvalue weighted by molar-refractivity contribution is -0.139. The molecule has 0 fully saturated rings. The Balaban J connectivity index is 2.07. The number of nitrogens with zero attached hydrogens (tertiary/aromatic N) is 2. The van der Waals surface area contributed by atoms with E-state index in [2.05, 4.69) is 5.32 Å². The normalized spacial score (nSPS) is 11.9. The van der Waals surface area contributed by atoms with Crippen molar-refractivity contribution in [1.29, 1.82) is 0 Å². The zero-order valence-corrected chi connectivity index (χ0v) is 24.8. The van der Waals surface area contributed by atoms with E-state index in [1.807, 2.05) is 6.92 Å². The SMILES string of the molecule is CCCNC(=O)C(C)N(Cc1ccccc1F)C(=O)CN(c1ccc(Cl)cc1)S(=O)(=O)c1ccc(OC)c(OC)c1. The Labute approximate surface area is 244 Å². The Kier molecular flexibility index (Phi) is 11.0. The van der Waals surface area contributed by atoms with Crippen molar-refractivity contribution >= 4 is 39.1 Å². The van der Waals surface area contributed by atoms with Crippen LogP contribution in [0.1, 0.15) is 25.8 Å². The quantitative estimate of drug-likeness (QED) is 0.304. The lowest BCUT2D eigenvalue weighted by Gasteiger charge is -2.32. The predicted octanol–water partition coefficient (Wildman–Crippen LogP) is 4.64. The molecule has 41 heavy (non-hydrogen) atoms. The number of hydrogen-bond donors (Lipinski definition) is 1. The molecular weight excluding hydrogens is 573 g/mol. The van der Waals surface area contributed by atoms with Crippen LogP contribution in [0, 0.1) is 5.82 Å². The highest BCUT2D eigenvalue weighted by Gasteiger charge is 2.33. The number of carbonyl (C=O) groups is 2. The summed E-state index contributed by atoms with van der Waals surface area (Å²) in [4.78, 5) is 27.8. The van der Waals surface area contributed by atoms with Crippen LogP contribution in [0.5, 0.6) is 11.5 Å². The van der Waals surface area contributed by atoms with E-state index >= 15 is 0 Å². The topological polar surface area (TPSA) is 105 Å². The molecule has 3 rings (SSSR count). The average Bonchev–Trinajstić information content (AvgIpc) is 2.97. The van der Waals surface area contributed by atoms with Gasteiger partial charge in [-0.2, -0.15) is 0 Å². The summed E-state index contributed by atoms with van der Waals surface area (Å²) >= 11 is 6.05. The van der Waals surface area contributed by atoms with Gasteiger partial charge in [0, 0.05) is 29.7 Å². The largest absolute Gasteiger partial charge is 0.493 e. The lowest BCUT2D eigenvalue weighted by atomic mass is 10.1. The van der Waals surface area contributed by atoms with E-state index < -0.39 is 40.2 Å². The Bertz CT molecular complexity index is 1470. The van der Waals surface area contributed by atoms with Gasteiger partial charge in [-0.3, -0.25) is 13.9 Å². The number of carbonyl (C=O) groups excluding carboxylic acids is 2. The minimum atomic E-state index is -4.36. The van der Waals surface area contributed by atoms with E-state index in [0.717, 1.165) is 9.21 Å². The molecule has 0 saturated carbocycles. The summed E-state index contributed by atoms with van der Waals surface area (Å²) in [7, 11) is -1.56. The zero-order chi connectivity index (χ0) is 30.2. The molecule has 220 valence electrons. The summed E-state index contributed by atoms with van der Waals surface area (Å²) in [6.45, 7) is 2.85. The first-order valence-electron chi connectivity index (χ1n) is 12.8. The van der Waals surface area contributed by atoms with Crippen LogP contribution < -0.4 is 19.1 Å². The molecule has 0 saturated heterocycles. The lowest BCUT2D eigenvalue weighted by Crippen LogP contribution is -2.51. The summed E-state index contributed by atoms with van der Waals surface area (Å²) in [6.07, 6.45) is 0.674. The van der Waals surface area contributed by atoms with Gasteiger partial charge in [0.25, 0.3) is 10.0 Å². The summed E-state index contributed by atoms with van der Waals surface area (Å²) < 4.78 is 54.0. The molecule has 2 amide bonds. The van der Waals surface area contributed by atoms with Crippen LogP contribution in [-0.4, -0.2) is 58.5 Å². The number of methoxy groups -OCH3 is 2. The molecule has 0 radical (unpaired) electrons. The van der Waals surface area contributed by atoms with Crippen molar-refractivity contribution < 1.29 is 31.9 Å². The summed E-state index contributed by atoms with van der Waals surface area (Å²) in [6, 6.07) is 14.9. The zero-order valence-electron chi connectivity index (χ0n) is 23.3. The first-order chi connectivity index (χ1) is 19.5. The molecule has 9 nitrogen and oxygen atoms in total. The highest BCUT2D eigenvalue weighted by atomic mass is 35.5. The van der Waals surface area contributed by atoms with Crippen molar-refractivity contribution in [3.63, 3.8) is 0 Å². The number of rotatable bonds is 13. The minimum Gasteiger partial charge on any atom is -0.493 e. The van der Waals surface area contributed by atoms with Gasteiger partial charge < -0.3 is 19.7 Å². The van der Waals surface area contributed by atoms with Gasteiger partial charge in [-0.1, -0.05) is 36.7 Å². The number of benzene rings is 3. The van der Waals surface area contributed by atoms with Gasteiger partial charge in [0.05, 0.1) is 24.8 Å². The second kappa shape index (κ2) is 14.2. The summed E-state index contributed by atoms with van der Waals surface area (Å²) in [5.74, 6) is -1.22. The number of hydrogen-bond acceptors (Lipinski definition) is 6. The van der Waals surface area contributed by atoms with Crippen molar-refractivity contribution in [2.75, 3.05) is 31.6 Å². The molecule has 0 aliphatic rings. The van der Waals surface area contributed by atoms with Crippen molar-refractivity contribution in [3.05, 3.63) is 83.1 Å². The first kappa shape index (κ1) is 31.7. The van der Waals surface area contributed by atoms with E-state index in [-0.39, 0.29) is 28.4 Å². The van der Waals surface area contributed by atoms with Gasteiger partial charge in [0.15, 0.2) is 11.5 Å². The number of sulfonamides is 1. The number of anilines is 1. The van der Waals surface area contributed by atoms with Gasteiger partial charge in [0.1, 0.15) is 18.4 Å². The Morgan fingerprint density at radius 2 is 1.66 bits per heavy atom. The number of nitrogens with one attached hydrogen (secondary N) is 1. The van der Waals surface area contributed by atoms with Crippen LogP contribution in [0.25, 0.3) is 0 Å². The molecule has 0 aliphatic heterocycles. The Morgan fingerprint density at radius 3 is 2.27 bits per heavy atom. The number of ether oxygens (including phenoxy) is 2. The van der Waals surface area contributed by atoms with Crippen LogP contribution >= 0.6 is 11.6 Å². The molecule has 3 aromatic rings. The van der Waals surface area contributed by atoms with E-state index in [4.69, 9.17) is 21.1 Å². The molecular formula is C29H33ClFN3O6S. The smallest absolute Gasteiger partial charge is 0.264 e. The third-order valence-electron chi connectivity index (χ3n) is 6.35. The van der Waals surface area contributed by atoms with Crippen molar-refractivity contribution in [1.82, 2.24) is 10.2 Å². The molecule has 12 heteroatoms. The summed E-state index contributed by atoms with van der Waals surface area (Å²) in [5, 5.41) is 3.11.